The number of ether oxygens (including phenoxy) is 2. The summed E-state index contributed by atoms with van der Waals surface area (Å²) in [4.78, 5) is 9.29. The Hall–Kier alpha value is -1.36. The number of rotatable bonds is 1. The lowest BCUT2D eigenvalue weighted by Gasteiger charge is -2.39. The van der Waals surface area contributed by atoms with Gasteiger partial charge >= 0.3 is 0 Å². The van der Waals surface area contributed by atoms with E-state index in [1.807, 2.05) is 6.08 Å². The molecule has 5 heteroatoms. The summed E-state index contributed by atoms with van der Waals surface area (Å²) >= 11 is 0. The summed E-state index contributed by atoms with van der Waals surface area (Å²) in [6.45, 7) is 4.12. The second-order valence-electron chi connectivity index (χ2n) is 5.32. The second kappa shape index (κ2) is 5.33. The topological polar surface area (TPSA) is 63.4 Å². The van der Waals surface area contributed by atoms with Gasteiger partial charge in [-0.1, -0.05) is 26.0 Å². The number of aliphatic imine (C=N–C) groups is 2. The Morgan fingerprint density at radius 3 is 2.63 bits per heavy atom. The SMILES string of the molecule is COC1=NC2(CCC=CC2O)C(OC)=NC1C(C)C. The van der Waals surface area contributed by atoms with Gasteiger partial charge in [-0.05, 0) is 18.8 Å². The fourth-order valence-corrected chi connectivity index (χ4v) is 2.63. The van der Waals surface area contributed by atoms with Gasteiger partial charge in [0.15, 0.2) is 5.54 Å². The average Bonchev–Trinajstić information content (AvgIpc) is 2.41. The Bertz CT molecular complexity index is 428. The molecule has 0 radical (unpaired) electrons. The summed E-state index contributed by atoms with van der Waals surface area (Å²) in [5.74, 6) is 1.34. The minimum atomic E-state index is -0.819. The Balaban J connectivity index is 2.46. The van der Waals surface area contributed by atoms with Crippen LogP contribution in [0.1, 0.15) is 26.7 Å². The number of hydrogen-bond donors (Lipinski definition) is 1. The molecule has 0 aromatic carbocycles. The van der Waals surface area contributed by atoms with Gasteiger partial charge in [0.1, 0.15) is 12.1 Å². The number of allylic oxidation sites excluding steroid dienone is 1. The lowest BCUT2D eigenvalue weighted by Crippen LogP contribution is -2.54. The zero-order valence-corrected chi connectivity index (χ0v) is 12.0. The smallest absolute Gasteiger partial charge is 0.215 e. The third-order valence-corrected chi connectivity index (χ3v) is 3.72. The first-order chi connectivity index (χ1) is 9.05. The molecule has 0 fully saturated rings. The van der Waals surface area contributed by atoms with Crippen molar-refractivity contribution in [3.05, 3.63) is 12.2 Å². The van der Waals surface area contributed by atoms with Crippen LogP contribution >= 0.6 is 0 Å². The summed E-state index contributed by atoms with van der Waals surface area (Å²) in [7, 11) is 3.18. The van der Waals surface area contributed by atoms with Crippen LogP contribution in [0.5, 0.6) is 0 Å². The molecule has 0 bridgehead atoms. The maximum Gasteiger partial charge on any atom is 0.215 e. The van der Waals surface area contributed by atoms with Gasteiger partial charge in [0.25, 0.3) is 0 Å². The Kier molecular flexibility index (Phi) is 3.94. The van der Waals surface area contributed by atoms with E-state index in [0.29, 0.717) is 18.2 Å². The molecule has 1 heterocycles. The molecule has 0 aromatic rings. The molecule has 1 spiro atoms. The van der Waals surface area contributed by atoms with E-state index in [0.717, 1.165) is 6.42 Å². The molecule has 2 rings (SSSR count). The van der Waals surface area contributed by atoms with Crippen molar-refractivity contribution in [1.82, 2.24) is 0 Å². The van der Waals surface area contributed by atoms with E-state index in [1.54, 1.807) is 20.3 Å². The fraction of sp³-hybridized carbons (Fsp3) is 0.714. The van der Waals surface area contributed by atoms with Gasteiger partial charge < -0.3 is 14.6 Å². The zero-order chi connectivity index (χ0) is 14.0. The lowest BCUT2D eigenvalue weighted by molar-refractivity contribution is 0.131. The Morgan fingerprint density at radius 2 is 2.11 bits per heavy atom. The molecule has 1 aliphatic carbocycles. The quantitative estimate of drug-likeness (QED) is 0.733. The van der Waals surface area contributed by atoms with Crippen molar-refractivity contribution in [2.75, 3.05) is 14.2 Å². The van der Waals surface area contributed by atoms with E-state index in [9.17, 15) is 5.11 Å². The molecule has 2 aliphatic rings. The number of methoxy groups -OCH3 is 2. The van der Waals surface area contributed by atoms with Crippen LogP contribution < -0.4 is 0 Å². The first kappa shape index (κ1) is 14.1. The summed E-state index contributed by atoms with van der Waals surface area (Å²) in [5.41, 5.74) is -0.819. The van der Waals surface area contributed by atoms with Crippen LogP contribution in [-0.2, 0) is 9.47 Å². The van der Waals surface area contributed by atoms with Gasteiger partial charge in [-0.3, -0.25) is 0 Å². The largest absolute Gasteiger partial charge is 0.483 e. The van der Waals surface area contributed by atoms with Crippen LogP contribution in [0.15, 0.2) is 22.1 Å². The first-order valence-corrected chi connectivity index (χ1v) is 6.66. The van der Waals surface area contributed by atoms with E-state index in [-0.39, 0.29) is 12.0 Å². The Morgan fingerprint density at radius 1 is 1.37 bits per heavy atom. The van der Waals surface area contributed by atoms with Gasteiger partial charge in [0.05, 0.1) is 14.2 Å². The lowest BCUT2D eigenvalue weighted by atomic mass is 9.82. The molecule has 3 atom stereocenters. The van der Waals surface area contributed by atoms with Gasteiger partial charge in [0.2, 0.25) is 11.8 Å². The summed E-state index contributed by atoms with van der Waals surface area (Å²) in [6.07, 6.45) is 4.50. The average molecular weight is 266 g/mol. The number of aliphatic hydroxyl groups excluding tert-OH is 1. The van der Waals surface area contributed by atoms with Crippen LogP contribution in [-0.4, -0.2) is 48.8 Å². The van der Waals surface area contributed by atoms with Gasteiger partial charge in [-0.15, -0.1) is 0 Å². The molecule has 0 saturated heterocycles. The second-order valence-corrected chi connectivity index (χ2v) is 5.32. The van der Waals surface area contributed by atoms with Crippen LogP contribution in [0, 0.1) is 5.92 Å². The Labute approximate surface area is 114 Å². The van der Waals surface area contributed by atoms with Gasteiger partial charge in [-0.25, -0.2) is 9.98 Å². The molecule has 19 heavy (non-hydrogen) atoms. The van der Waals surface area contributed by atoms with Crippen molar-refractivity contribution in [2.24, 2.45) is 15.9 Å². The highest BCUT2D eigenvalue weighted by atomic mass is 16.5. The van der Waals surface area contributed by atoms with Crippen molar-refractivity contribution in [3.63, 3.8) is 0 Å². The molecule has 0 saturated carbocycles. The fourth-order valence-electron chi connectivity index (χ4n) is 2.63. The van der Waals surface area contributed by atoms with Crippen molar-refractivity contribution in [3.8, 4) is 0 Å². The van der Waals surface area contributed by atoms with Crippen molar-refractivity contribution >= 4 is 11.8 Å². The third-order valence-electron chi connectivity index (χ3n) is 3.72. The molecular weight excluding hydrogens is 244 g/mol. The minimum Gasteiger partial charge on any atom is -0.483 e. The van der Waals surface area contributed by atoms with Crippen molar-refractivity contribution in [2.45, 2.75) is 44.4 Å². The number of aliphatic hydroxyl groups is 1. The molecule has 5 nitrogen and oxygen atoms in total. The van der Waals surface area contributed by atoms with Crippen LogP contribution in [0.2, 0.25) is 0 Å². The van der Waals surface area contributed by atoms with Crippen LogP contribution in [0.4, 0.5) is 0 Å². The maximum absolute atomic E-state index is 10.3. The molecule has 106 valence electrons. The van der Waals surface area contributed by atoms with E-state index in [4.69, 9.17) is 9.47 Å². The highest BCUT2D eigenvalue weighted by molar-refractivity contribution is 5.97. The van der Waals surface area contributed by atoms with Crippen molar-refractivity contribution < 1.29 is 14.6 Å². The predicted molar refractivity (Wildman–Crippen MR) is 74.6 cm³/mol. The molecule has 0 aromatic heterocycles. The van der Waals surface area contributed by atoms with Crippen LogP contribution in [0.25, 0.3) is 0 Å². The van der Waals surface area contributed by atoms with E-state index in [2.05, 4.69) is 23.8 Å². The summed E-state index contributed by atoms with van der Waals surface area (Å²) < 4.78 is 10.8. The molecule has 3 unspecified atom stereocenters. The normalized spacial score (nSPS) is 34.2. The standard InChI is InChI=1S/C14H22N2O3/c1-9(2)11-12(18-3)16-14(13(15-11)19-4)8-6-5-7-10(14)17/h5,7,9-11,17H,6,8H2,1-4H3. The monoisotopic (exact) mass is 266 g/mol. The maximum atomic E-state index is 10.3. The highest BCUT2D eigenvalue weighted by Gasteiger charge is 2.48. The van der Waals surface area contributed by atoms with E-state index < -0.39 is 11.6 Å². The summed E-state index contributed by atoms with van der Waals surface area (Å²) in [5, 5.41) is 10.3. The van der Waals surface area contributed by atoms with Crippen LogP contribution in [0.3, 0.4) is 0 Å². The summed E-state index contributed by atoms with van der Waals surface area (Å²) in [6, 6.07) is -0.149. The predicted octanol–water partition coefficient (Wildman–Crippen LogP) is 1.56. The highest BCUT2D eigenvalue weighted by Crippen LogP contribution is 2.34. The molecule has 1 N–H and O–H groups in total. The molecular formula is C14H22N2O3. The minimum absolute atomic E-state index is 0.149. The molecule has 1 aliphatic heterocycles. The number of hydrogen-bond acceptors (Lipinski definition) is 5. The van der Waals surface area contributed by atoms with E-state index >= 15 is 0 Å². The van der Waals surface area contributed by atoms with Gasteiger partial charge in [-0.2, -0.15) is 0 Å². The third kappa shape index (κ3) is 2.27. The zero-order valence-electron chi connectivity index (χ0n) is 12.0. The van der Waals surface area contributed by atoms with Gasteiger partial charge in [0, 0.05) is 0 Å². The molecule has 0 amide bonds. The first-order valence-electron chi connectivity index (χ1n) is 6.66. The van der Waals surface area contributed by atoms with E-state index in [1.165, 1.54) is 0 Å². The number of nitrogens with zero attached hydrogens (tertiary/aromatic N) is 2. The van der Waals surface area contributed by atoms with Crippen molar-refractivity contribution in [1.29, 1.82) is 0 Å².